The monoisotopic (exact) mass is 339 g/mol. The number of furan rings is 1. The van der Waals surface area contributed by atoms with Crippen molar-refractivity contribution in [2.75, 3.05) is 0 Å². The summed E-state index contributed by atoms with van der Waals surface area (Å²) >= 11 is 1.37. The molecule has 1 aromatic carbocycles. The van der Waals surface area contributed by atoms with Gasteiger partial charge in [-0.15, -0.1) is 11.3 Å². The molecule has 3 rings (SSSR count). The van der Waals surface area contributed by atoms with Crippen LogP contribution in [0.25, 0.3) is 0 Å². The molecule has 0 bridgehead atoms. The molecule has 3 aromatic rings. The highest BCUT2D eigenvalue weighted by molar-refractivity contribution is 7.07. The van der Waals surface area contributed by atoms with Crippen molar-refractivity contribution in [2.24, 2.45) is 12.0 Å². The summed E-state index contributed by atoms with van der Waals surface area (Å²) in [6, 6.07) is 12.2. The van der Waals surface area contributed by atoms with Gasteiger partial charge in [0, 0.05) is 18.6 Å². The van der Waals surface area contributed by atoms with E-state index in [1.54, 1.807) is 41.0 Å². The third-order valence-corrected chi connectivity index (χ3v) is 4.05. The fourth-order valence-corrected chi connectivity index (χ4v) is 2.71. The molecule has 0 aliphatic heterocycles. The van der Waals surface area contributed by atoms with Crippen LogP contribution in [0.5, 0.6) is 5.75 Å². The Balaban J connectivity index is 1.71. The highest BCUT2D eigenvalue weighted by Crippen LogP contribution is 2.19. The first-order valence-electron chi connectivity index (χ1n) is 7.07. The van der Waals surface area contributed by atoms with Gasteiger partial charge in [-0.3, -0.25) is 4.79 Å². The molecule has 0 aliphatic carbocycles. The molecule has 24 heavy (non-hydrogen) atoms. The maximum atomic E-state index is 12.1. The van der Waals surface area contributed by atoms with E-state index in [9.17, 15) is 4.79 Å². The first-order valence-corrected chi connectivity index (χ1v) is 7.95. The number of benzene rings is 1. The number of ether oxygens (including phenoxy) is 1. The zero-order valence-electron chi connectivity index (χ0n) is 12.8. The summed E-state index contributed by atoms with van der Waals surface area (Å²) in [5.41, 5.74) is 0.445. The maximum absolute atomic E-state index is 12.1. The molecule has 1 amide bonds. The number of carbonyl (C=O) groups is 1. The maximum Gasteiger partial charge on any atom is 0.315 e. The minimum Gasteiger partial charge on any atom is -0.484 e. The van der Waals surface area contributed by atoms with Gasteiger partial charge in [0.25, 0.3) is 0 Å². The molecule has 0 saturated heterocycles. The molecule has 0 N–H and O–H groups in total. The molecule has 0 atom stereocenters. The molecular formula is C17H13N3O3S. The predicted molar refractivity (Wildman–Crippen MR) is 87.4 cm³/mol. The van der Waals surface area contributed by atoms with Gasteiger partial charge in [0.15, 0.2) is 10.6 Å². The lowest BCUT2D eigenvalue weighted by atomic mass is 10.2. The van der Waals surface area contributed by atoms with Crippen LogP contribution in [0.4, 0.5) is 0 Å². The molecule has 0 saturated carbocycles. The molecule has 0 radical (unpaired) electrons. The average Bonchev–Trinajstić information content (AvgIpc) is 3.23. The number of nitriles is 1. The topological polar surface area (TPSA) is 80.5 Å². The SMILES string of the molecule is Cn1ccsc1=NC(=O)c1ccc(COc2ccccc2C#N)o1. The van der Waals surface area contributed by atoms with E-state index in [-0.39, 0.29) is 12.4 Å². The smallest absolute Gasteiger partial charge is 0.315 e. The normalized spacial score (nSPS) is 11.2. The molecule has 2 aromatic heterocycles. The first-order chi connectivity index (χ1) is 11.7. The standard InChI is InChI=1S/C17H13N3O3S/c1-20-8-9-24-17(20)19-16(21)15-7-6-13(23-15)11-22-14-5-3-2-4-12(14)10-18/h2-9H,11H2,1H3. The Bertz CT molecular complexity index is 975. The van der Waals surface area contributed by atoms with Crippen molar-refractivity contribution < 1.29 is 13.9 Å². The molecule has 0 unspecified atom stereocenters. The average molecular weight is 339 g/mol. The summed E-state index contributed by atoms with van der Waals surface area (Å²) in [4.78, 5) is 16.7. The number of aromatic nitrogens is 1. The van der Waals surface area contributed by atoms with E-state index in [2.05, 4.69) is 11.1 Å². The Morgan fingerprint density at radius 3 is 2.96 bits per heavy atom. The number of aryl methyl sites for hydroxylation is 1. The minimum absolute atomic E-state index is 0.124. The largest absolute Gasteiger partial charge is 0.484 e. The number of amides is 1. The summed E-state index contributed by atoms with van der Waals surface area (Å²) in [6.45, 7) is 0.124. The predicted octanol–water partition coefficient (Wildman–Crippen LogP) is 2.87. The lowest BCUT2D eigenvalue weighted by Gasteiger charge is -2.05. The van der Waals surface area contributed by atoms with Crippen LogP contribution in [0.1, 0.15) is 21.9 Å². The van der Waals surface area contributed by atoms with E-state index in [1.165, 1.54) is 11.3 Å². The molecule has 0 spiro atoms. The molecule has 2 heterocycles. The second-order valence-electron chi connectivity index (χ2n) is 4.88. The Kier molecular flexibility index (Phi) is 4.59. The van der Waals surface area contributed by atoms with Gasteiger partial charge in [-0.05, 0) is 24.3 Å². The Morgan fingerprint density at radius 1 is 1.38 bits per heavy atom. The van der Waals surface area contributed by atoms with Crippen LogP contribution >= 0.6 is 11.3 Å². The minimum atomic E-state index is -0.447. The molecule has 0 fully saturated rings. The number of nitrogens with zero attached hydrogens (tertiary/aromatic N) is 3. The van der Waals surface area contributed by atoms with Gasteiger partial charge in [0.2, 0.25) is 0 Å². The summed E-state index contributed by atoms with van der Waals surface area (Å²) in [5, 5.41) is 10.9. The summed E-state index contributed by atoms with van der Waals surface area (Å²) in [6.07, 6.45) is 1.82. The summed E-state index contributed by atoms with van der Waals surface area (Å²) < 4.78 is 12.8. The third kappa shape index (κ3) is 3.45. The molecule has 0 aliphatic rings. The quantitative estimate of drug-likeness (QED) is 0.732. The van der Waals surface area contributed by atoms with Crippen molar-refractivity contribution in [2.45, 2.75) is 6.61 Å². The molecule has 120 valence electrons. The molecule has 6 nitrogen and oxygen atoms in total. The van der Waals surface area contributed by atoms with E-state index in [0.717, 1.165) is 0 Å². The summed E-state index contributed by atoms with van der Waals surface area (Å²) in [7, 11) is 1.82. The van der Waals surface area contributed by atoms with Crippen molar-refractivity contribution in [1.29, 1.82) is 5.26 Å². The number of para-hydroxylation sites is 1. The third-order valence-electron chi connectivity index (χ3n) is 3.21. The Morgan fingerprint density at radius 2 is 2.21 bits per heavy atom. The summed E-state index contributed by atoms with van der Waals surface area (Å²) in [5.74, 6) is 0.656. The van der Waals surface area contributed by atoms with Gasteiger partial charge in [0.1, 0.15) is 24.2 Å². The fraction of sp³-hybridized carbons (Fsp3) is 0.118. The van der Waals surface area contributed by atoms with Gasteiger partial charge < -0.3 is 13.7 Å². The van der Waals surface area contributed by atoms with Crippen molar-refractivity contribution in [1.82, 2.24) is 4.57 Å². The second-order valence-corrected chi connectivity index (χ2v) is 5.75. The van der Waals surface area contributed by atoms with Gasteiger partial charge in [-0.25, -0.2) is 0 Å². The lowest BCUT2D eigenvalue weighted by molar-refractivity contribution is 0.0967. The van der Waals surface area contributed by atoms with Crippen LogP contribution in [0.3, 0.4) is 0 Å². The molecular weight excluding hydrogens is 326 g/mol. The highest BCUT2D eigenvalue weighted by atomic mass is 32.1. The molecule has 7 heteroatoms. The van der Waals surface area contributed by atoms with Crippen molar-refractivity contribution >= 4 is 17.2 Å². The number of rotatable bonds is 4. The van der Waals surface area contributed by atoms with Crippen LogP contribution in [-0.4, -0.2) is 10.5 Å². The number of carbonyl (C=O) groups excluding carboxylic acids is 1. The van der Waals surface area contributed by atoms with E-state index >= 15 is 0 Å². The van der Waals surface area contributed by atoms with Crippen LogP contribution < -0.4 is 9.54 Å². The van der Waals surface area contributed by atoms with Crippen molar-refractivity contribution in [3.63, 3.8) is 0 Å². The fourth-order valence-electron chi connectivity index (χ4n) is 1.98. The van der Waals surface area contributed by atoms with Crippen LogP contribution in [0.2, 0.25) is 0 Å². The van der Waals surface area contributed by atoms with E-state index in [1.807, 2.05) is 18.6 Å². The van der Waals surface area contributed by atoms with Gasteiger partial charge in [0.05, 0.1) is 5.56 Å². The van der Waals surface area contributed by atoms with Crippen molar-refractivity contribution in [3.8, 4) is 11.8 Å². The highest BCUT2D eigenvalue weighted by Gasteiger charge is 2.11. The number of thiazole rings is 1. The van der Waals surface area contributed by atoms with Crippen LogP contribution in [-0.2, 0) is 13.7 Å². The first kappa shape index (κ1) is 15.8. The second kappa shape index (κ2) is 6.98. The lowest BCUT2D eigenvalue weighted by Crippen LogP contribution is -2.12. The van der Waals surface area contributed by atoms with E-state index < -0.39 is 5.91 Å². The Hall–Kier alpha value is -3.11. The zero-order valence-corrected chi connectivity index (χ0v) is 13.6. The van der Waals surface area contributed by atoms with Gasteiger partial charge in [-0.2, -0.15) is 10.3 Å². The van der Waals surface area contributed by atoms with Crippen molar-refractivity contribution in [3.05, 3.63) is 69.9 Å². The zero-order chi connectivity index (χ0) is 16.9. The Labute approximate surface area is 141 Å². The van der Waals surface area contributed by atoms with E-state index in [0.29, 0.717) is 21.9 Å². The van der Waals surface area contributed by atoms with Gasteiger partial charge in [-0.1, -0.05) is 12.1 Å². The van der Waals surface area contributed by atoms with Crippen LogP contribution in [0, 0.1) is 11.3 Å². The van der Waals surface area contributed by atoms with Crippen LogP contribution in [0.15, 0.2) is 57.4 Å². The van der Waals surface area contributed by atoms with Gasteiger partial charge >= 0.3 is 5.91 Å². The number of hydrogen-bond donors (Lipinski definition) is 0. The number of hydrogen-bond acceptors (Lipinski definition) is 5. The van der Waals surface area contributed by atoms with E-state index in [4.69, 9.17) is 14.4 Å².